The van der Waals surface area contributed by atoms with E-state index in [1.54, 1.807) is 11.3 Å². The zero-order chi connectivity index (χ0) is 19.8. The van der Waals surface area contributed by atoms with Crippen LogP contribution in [0, 0.1) is 5.92 Å². The van der Waals surface area contributed by atoms with Crippen molar-refractivity contribution < 1.29 is 0 Å². The summed E-state index contributed by atoms with van der Waals surface area (Å²) in [6, 6.07) is 8.89. The Labute approximate surface area is 196 Å². The predicted octanol–water partition coefficient (Wildman–Crippen LogP) is 4.42. The molecule has 1 aliphatic heterocycles. The van der Waals surface area contributed by atoms with Gasteiger partial charge in [0, 0.05) is 31.2 Å². The van der Waals surface area contributed by atoms with Crippen molar-refractivity contribution in [2.24, 2.45) is 10.9 Å². The molecule has 0 radical (unpaired) electrons. The molecule has 1 aromatic heterocycles. The van der Waals surface area contributed by atoms with Gasteiger partial charge in [-0.05, 0) is 49.4 Å². The van der Waals surface area contributed by atoms with Crippen LogP contribution in [-0.4, -0.2) is 36.0 Å². The van der Waals surface area contributed by atoms with Crippen LogP contribution < -0.4 is 10.6 Å². The minimum atomic E-state index is 0. The number of aliphatic imine (C=N–C) groups is 1. The first-order chi connectivity index (χ1) is 13.7. The molecule has 1 saturated heterocycles. The number of rotatable bonds is 7. The average Bonchev–Trinajstić information content (AvgIpc) is 3.18. The van der Waals surface area contributed by atoms with E-state index in [2.05, 4.69) is 63.6 Å². The third kappa shape index (κ3) is 7.86. The number of piperidine rings is 1. The fraction of sp³-hybridized carbons (Fsp3) is 0.545. The summed E-state index contributed by atoms with van der Waals surface area (Å²) >= 11 is 1.76. The molecule has 3 rings (SSSR count). The topological polar surface area (TPSA) is 52.6 Å². The second-order valence-electron chi connectivity index (χ2n) is 7.63. The van der Waals surface area contributed by atoms with E-state index < -0.39 is 0 Å². The average molecular weight is 528 g/mol. The number of nitrogens with zero attached hydrogens (tertiary/aromatic N) is 3. The molecule has 0 aliphatic carbocycles. The van der Waals surface area contributed by atoms with E-state index in [-0.39, 0.29) is 24.0 Å². The van der Waals surface area contributed by atoms with E-state index in [4.69, 9.17) is 0 Å². The van der Waals surface area contributed by atoms with Crippen LogP contribution in [0.25, 0.3) is 0 Å². The van der Waals surface area contributed by atoms with Crippen molar-refractivity contribution in [3.8, 4) is 0 Å². The molecular formula is C22H34IN5S. The molecule has 1 aliphatic rings. The van der Waals surface area contributed by atoms with E-state index in [0.29, 0.717) is 6.54 Å². The summed E-state index contributed by atoms with van der Waals surface area (Å²) in [6.07, 6.45) is 5.65. The van der Waals surface area contributed by atoms with Crippen LogP contribution in [0.1, 0.15) is 47.7 Å². The molecule has 0 unspecified atom stereocenters. The molecule has 1 aromatic carbocycles. The number of guanidine groups is 1. The quantitative estimate of drug-likeness (QED) is 0.318. The third-order valence-electron chi connectivity index (χ3n) is 5.31. The van der Waals surface area contributed by atoms with E-state index in [1.165, 1.54) is 41.9 Å². The number of hydrogen-bond acceptors (Lipinski definition) is 4. The van der Waals surface area contributed by atoms with E-state index in [1.807, 2.05) is 13.2 Å². The summed E-state index contributed by atoms with van der Waals surface area (Å²) in [5.74, 6) is 1.69. The molecule has 2 aromatic rings. The van der Waals surface area contributed by atoms with Gasteiger partial charge in [0.05, 0.1) is 6.54 Å². The van der Waals surface area contributed by atoms with Crippen LogP contribution in [0.4, 0.5) is 0 Å². The van der Waals surface area contributed by atoms with E-state index >= 15 is 0 Å². The van der Waals surface area contributed by atoms with Crippen LogP contribution >= 0.6 is 35.3 Å². The van der Waals surface area contributed by atoms with Crippen molar-refractivity contribution in [3.05, 3.63) is 51.5 Å². The van der Waals surface area contributed by atoms with Gasteiger partial charge in [-0.1, -0.05) is 38.1 Å². The van der Waals surface area contributed by atoms with Crippen molar-refractivity contribution in [2.75, 3.05) is 20.1 Å². The monoisotopic (exact) mass is 527 g/mol. The molecule has 160 valence electrons. The largest absolute Gasteiger partial charge is 0.352 e. The van der Waals surface area contributed by atoms with Crippen LogP contribution in [0.5, 0.6) is 0 Å². The van der Waals surface area contributed by atoms with E-state index in [9.17, 15) is 0 Å². The lowest BCUT2D eigenvalue weighted by Crippen LogP contribution is -2.36. The van der Waals surface area contributed by atoms with Crippen LogP contribution in [0.3, 0.4) is 0 Å². The van der Waals surface area contributed by atoms with Gasteiger partial charge in [-0.2, -0.15) is 0 Å². The molecule has 7 heteroatoms. The SMILES string of the molecule is CCc1cnc(CNC(=NC)NCc2cccc(CN3CCC(C)CC3)c2)s1.I. The Balaban J connectivity index is 0.00000300. The van der Waals surface area contributed by atoms with Gasteiger partial charge in [0.15, 0.2) is 5.96 Å². The first-order valence-electron chi connectivity index (χ1n) is 10.3. The molecule has 29 heavy (non-hydrogen) atoms. The lowest BCUT2D eigenvalue weighted by molar-refractivity contribution is 0.185. The van der Waals surface area contributed by atoms with Gasteiger partial charge in [0.1, 0.15) is 5.01 Å². The van der Waals surface area contributed by atoms with Gasteiger partial charge in [-0.25, -0.2) is 4.98 Å². The zero-order valence-electron chi connectivity index (χ0n) is 17.8. The number of thiazole rings is 1. The third-order valence-corrected chi connectivity index (χ3v) is 6.46. The Bertz CT molecular complexity index is 768. The summed E-state index contributed by atoms with van der Waals surface area (Å²) in [4.78, 5) is 12.7. The van der Waals surface area contributed by atoms with Gasteiger partial charge in [-0.15, -0.1) is 35.3 Å². The van der Waals surface area contributed by atoms with Gasteiger partial charge in [0.25, 0.3) is 0 Å². The Morgan fingerprint density at radius 3 is 2.62 bits per heavy atom. The number of benzene rings is 1. The van der Waals surface area contributed by atoms with Gasteiger partial charge >= 0.3 is 0 Å². The molecule has 1 fully saturated rings. The highest BCUT2D eigenvalue weighted by Crippen LogP contribution is 2.18. The zero-order valence-corrected chi connectivity index (χ0v) is 20.9. The van der Waals surface area contributed by atoms with Crippen LogP contribution in [-0.2, 0) is 26.1 Å². The number of halogens is 1. The van der Waals surface area contributed by atoms with Crippen molar-refractivity contribution in [3.63, 3.8) is 0 Å². The number of likely N-dealkylation sites (tertiary alicyclic amines) is 1. The highest BCUT2D eigenvalue weighted by molar-refractivity contribution is 14.0. The number of nitrogens with one attached hydrogen (secondary N) is 2. The van der Waals surface area contributed by atoms with E-state index in [0.717, 1.165) is 36.4 Å². The molecule has 0 atom stereocenters. The molecule has 0 spiro atoms. The number of aryl methyl sites for hydroxylation is 1. The summed E-state index contributed by atoms with van der Waals surface area (Å²) in [6.45, 7) is 9.48. The molecule has 2 heterocycles. The molecule has 0 bridgehead atoms. The second-order valence-corrected chi connectivity index (χ2v) is 8.83. The lowest BCUT2D eigenvalue weighted by atomic mass is 9.98. The molecule has 5 nitrogen and oxygen atoms in total. The van der Waals surface area contributed by atoms with Crippen molar-refractivity contribution in [2.45, 2.75) is 52.7 Å². The molecule has 2 N–H and O–H groups in total. The van der Waals surface area contributed by atoms with Crippen LogP contribution in [0.15, 0.2) is 35.5 Å². The maximum absolute atomic E-state index is 4.45. The van der Waals surface area contributed by atoms with Crippen LogP contribution in [0.2, 0.25) is 0 Å². The normalized spacial score (nSPS) is 15.8. The Kier molecular flexibility index (Phi) is 10.4. The Morgan fingerprint density at radius 2 is 1.93 bits per heavy atom. The molecular weight excluding hydrogens is 493 g/mol. The first-order valence-corrected chi connectivity index (χ1v) is 11.2. The fourth-order valence-electron chi connectivity index (χ4n) is 3.48. The maximum Gasteiger partial charge on any atom is 0.191 e. The summed E-state index contributed by atoms with van der Waals surface area (Å²) in [5, 5.41) is 7.87. The van der Waals surface area contributed by atoms with Gasteiger partial charge < -0.3 is 10.6 Å². The number of aromatic nitrogens is 1. The first kappa shape index (κ1) is 24.1. The summed E-state index contributed by atoms with van der Waals surface area (Å²) < 4.78 is 0. The maximum atomic E-state index is 4.45. The number of hydrogen-bond donors (Lipinski definition) is 2. The smallest absolute Gasteiger partial charge is 0.191 e. The van der Waals surface area contributed by atoms with Crippen molar-refractivity contribution in [1.82, 2.24) is 20.5 Å². The highest BCUT2D eigenvalue weighted by atomic mass is 127. The predicted molar refractivity (Wildman–Crippen MR) is 134 cm³/mol. The highest BCUT2D eigenvalue weighted by Gasteiger charge is 2.15. The summed E-state index contributed by atoms with van der Waals surface area (Å²) in [7, 11) is 1.81. The minimum absolute atomic E-state index is 0. The fourth-order valence-corrected chi connectivity index (χ4v) is 4.28. The Hall–Kier alpha value is -1.19. The summed E-state index contributed by atoms with van der Waals surface area (Å²) in [5.41, 5.74) is 2.68. The van der Waals surface area contributed by atoms with Crippen molar-refractivity contribution >= 4 is 41.3 Å². The molecule has 0 saturated carbocycles. The van der Waals surface area contributed by atoms with Gasteiger partial charge in [0.2, 0.25) is 0 Å². The lowest BCUT2D eigenvalue weighted by Gasteiger charge is -2.30. The van der Waals surface area contributed by atoms with Crippen molar-refractivity contribution in [1.29, 1.82) is 0 Å². The standard InChI is InChI=1S/C22H33N5S.HI/c1-4-20-14-24-21(28-20)15-26-22(23-3)25-13-18-6-5-7-19(12-18)16-27-10-8-17(2)9-11-27;/h5-7,12,14,17H,4,8-11,13,15-16H2,1-3H3,(H2,23,25,26);1H. The minimum Gasteiger partial charge on any atom is -0.352 e. The Morgan fingerprint density at radius 1 is 1.21 bits per heavy atom. The molecule has 0 amide bonds. The second kappa shape index (κ2) is 12.5. The van der Waals surface area contributed by atoms with Gasteiger partial charge in [-0.3, -0.25) is 9.89 Å².